The molecule has 16 valence electrons. The third-order valence-corrected chi connectivity index (χ3v) is 0. The van der Waals surface area contributed by atoms with Crippen molar-refractivity contribution in [3.8, 4) is 0 Å². The van der Waals surface area contributed by atoms with E-state index in [9.17, 15) is 0 Å². The number of hydrogen-bond acceptors (Lipinski definition) is 0. The monoisotopic (exact) mass is 252 g/mol. The molecule has 0 aliphatic carbocycles. The van der Waals surface area contributed by atoms with Crippen LogP contribution in [0.3, 0.4) is 0 Å². The molecule has 0 aromatic heterocycles. The van der Waals surface area contributed by atoms with Crippen LogP contribution in [0.4, 0.5) is 0 Å². The molecule has 6 heteroatoms. The van der Waals surface area contributed by atoms with Gasteiger partial charge in [0.15, 0.2) is 0 Å². The minimum atomic E-state index is 0. The Morgan fingerprint density at radius 1 is 0.286 bits per heavy atom. The summed E-state index contributed by atoms with van der Waals surface area (Å²) in [5.41, 5.74) is 0. The Labute approximate surface area is 302 Å². The van der Waals surface area contributed by atoms with Gasteiger partial charge in [-0.2, -0.15) is 0 Å². The molecule has 0 unspecified atom stereocenters. The van der Waals surface area contributed by atoms with Gasteiger partial charge in [0.2, 0.25) is 0 Å². The van der Waals surface area contributed by atoms with Crippen molar-refractivity contribution in [2.24, 2.45) is 0 Å². The van der Waals surface area contributed by atoms with Gasteiger partial charge in [-0.1, -0.05) is 0 Å². The van der Waals surface area contributed by atoms with E-state index in [1.54, 1.807) is 0 Å². The van der Waals surface area contributed by atoms with Gasteiger partial charge < -0.3 is 0 Å². The standard InChI is InChI=1S/C.6K.6H. The predicted molar refractivity (Wildman–Crippen MR) is 46.1 cm³/mol. The first-order chi connectivity index (χ1) is 0. The quantitative estimate of drug-likeness (QED) is 0.388. The molecule has 0 rings (SSSR count). The Balaban J connectivity index is 0. The molecule has 0 N–H and O–H groups in total. The van der Waals surface area contributed by atoms with Crippen LogP contribution in [0.2, 0.25) is 0 Å². The van der Waals surface area contributed by atoms with E-state index < -0.39 is 0 Å². The van der Waals surface area contributed by atoms with Gasteiger partial charge in [-0.05, 0) is 0 Å². The average Bonchev–Trinajstić information content (AvgIpc) is 0. The predicted octanol–water partition coefficient (Wildman–Crippen LogP) is -3.81. The second-order valence-electron chi connectivity index (χ2n) is 0. The van der Waals surface area contributed by atoms with Crippen LogP contribution in [0.1, 0.15) is 0 Å². The molecule has 0 bridgehead atoms. The van der Waals surface area contributed by atoms with Gasteiger partial charge in [-0.15, -0.1) is 0 Å². The van der Waals surface area contributed by atoms with Gasteiger partial charge in [0, 0.05) is 7.43 Å². The fraction of sp³-hybridized carbons (Fsp3) is 0. The van der Waals surface area contributed by atoms with Gasteiger partial charge in [-0.3, -0.25) is 0 Å². The Hall–Kier alpha value is 9.82. The SMILES string of the molecule is [C].[KH].[KH].[KH].[KH].[KH].[KH]. The summed E-state index contributed by atoms with van der Waals surface area (Å²) in [6.45, 7) is 0. The average molecular weight is 253 g/mol. The first-order valence-electron chi connectivity index (χ1n) is 0. The van der Waals surface area contributed by atoms with Crippen LogP contribution in [0, 0.1) is 7.43 Å². The fourth-order valence-corrected chi connectivity index (χ4v) is 0. The van der Waals surface area contributed by atoms with Crippen molar-refractivity contribution in [1.29, 1.82) is 0 Å². The Bertz CT molecular complexity index is 4.14. The van der Waals surface area contributed by atoms with Crippen LogP contribution in [0.15, 0.2) is 0 Å². The molecule has 0 spiro atoms. The minimum absolute atomic E-state index is 0. The molecule has 0 saturated carbocycles. The fourth-order valence-electron chi connectivity index (χ4n) is 0. The van der Waals surface area contributed by atoms with Gasteiger partial charge in [0.1, 0.15) is 0 Å². The Kier molecular flexibility index (Phi) is 225. The zero-order valence-electron chi connectivity index (χ0n) is 0.500. The van der Waals surface area contributed by atoms with Crippen molar-refractivity contribution in [3.05, 3.63) is 7.43 Å². The third kappa shape index (κ3) is 31.3. The van der Waals surface area contributed by atoms with Crippen LogP contribution >= 0.6 is 0 Å². The van der Waals surface area contributed by atoms with E-state index in [0.29, 0.717) is 0 Å². The van der Waals surface area contributed by atoms with Crippen LogP contribution in [-0.4, -0.2) is 308 Å². The molecule has 0 aliphatic rings. The molecule has 0 saturated heterocycles. The molecule has 0 fully saturated rings. The van der Waals surface area contributed by atoms with E-state index in [1.807, 2.05) is 0 Å². The summed E-state index contributed by atoms with van der Waals surface area (Å²) in [4.78, 5) is 0. The molecular formula is CH6K6. The van der Waals surface area contributed by atoms with Crippen molar-refractivity contribution >= 4 is 308 Å². The van der Waals surface area contributed by atoms with Crippen molar-refractivity contribution in [3.63, 3.8) is 0 Å². The molecule has 0 aromatic carbocycles. The van der Waals surface area contributed by atoms with Crippen molar-refractivity contribution in [2.45, 2.75) is 0 Å². The summed E-state index contributed by atoms with van der Waals surface area (Å²) in [5, 5.41) is 0. The molecular weight excluding hydrogens is 247 g/mol. The van der Waals surface area contributed by atoms with E-state index >= 15 is 0 Å². The Morgan fingerprint density at radius 3 is 0.286 bits per heavy atom. The Morgan fingerprint density at radius 2 is 0.286 bits per heavy atom. The van der Waals surface area contributed by atoms with Crippen LogP contribution < -0.4 is 0 Å². The summed E-state index contributed by atoms with van der Waals surface area (Å²) < 4.78 is 0. The molecule has 0 heterocycles. The summed E-state index contributed by atoms with van der Waals surface area (Å²) in [5.74, 6) is 0. The maximum atomic E-state index is 0. The summed E-state index contributed by atoms with van der Waals surface area (Å²) in [7, 11) is 0. The maximum absolute atomic E-state index is 0. The van der Waals surface area contributed by atoms with E-state index in [1.165, 1.54) is 0 Å². The van der Waals surface area contributed by atoms with Gasteiger partial charge in [0.05, 0.1) is 0 Å². The van der Waals surface area contributed by atoms with Crippen LogP contribution in [-0.2, 0) is 0 Å². The number of hydrogen-bond donors (Lipinski definition) is 0. The van der Waals surface area contributed by atoms with Crippen molar-refractivity contribution < 1.29 is 0 Å². The first kappa shape index (κ1) is 43.7. The van der Waals surface area contributed by atoms with Gasteiger partial charge in [0.25, 0.3) is 0 Å². The number of rotatable bonds is 0. The normalized spacial score (nSPS) is 0. The van der Waals surface area contributed by atoms with Crippen molar-refractivity contribution in [2.75, 3.05) is 0 Å². The molecule has 0 aliphatic heterocycles. The van der Waals surface area contributed by atoms with E-state index in [0.717, 1.165) is 0 Å². The third-order valence-electron chi connectivity index (χ3n) is 0. The van der Waals surface area contributed by atoms with E-state index in [-0.39, 0.29) is 316 Å². The van der Waals surface area contributed by atoms with Crippen LogP contribution in [0.25, 0.3) is 0 Å². The van der Waals surface area contributed by atoms with Crippen LogP contribution in [0.5, 0.6) is 0 Å². The first-order valence-corrected chi connectivity index (χ1v) is 0. The molecule has 4 radical (unpaired) electrons. The van der Waals surface area contributed by atoms with Crippen molar-refractivity contribution in [1.82, 2.24) is 0 Å². The molecule has 0 atom stereocenters. The molecule has 0 nitrogen and oxygen atoms in total. The van der Waals surface area contributed by atoms with E-state index in [4.69, 9.17) is 0 Å². The second kappa shape index (κ2) is 36.0. The molecule has 0 amide bonds. The van der Waals surface area contributed by atoms with Gasteiger partial charge >= 0.3 is 308 Å². The van der Waals surface area contributed by atoms with Gasteiger partial charge in [-0.25, -0.2) is 0 Å². The molecule has 7 heavy (non-hydrogen) atoms. The summed E-state index contributed by atoms with van der Waals surface area (Å²) in [6.07, 6.45) is 0. The zero-order valence-corrected chi connectivity index (χ0v) is 0.500. The zero-order chi connectivity index (χ0) is 0. The second-order valence-corrected chi connectivity index (χ2v) is 0. The molecule has 0 aromatic rings. The van der Waals surface area contributed by atoms with E-state index in [2.05, 4.69) is 0 Å². The topological polar surface area (TPSA) is 0 Å². The summed E-state index contributed by atoms with van der Waals surface area (Å²) >= 11 is 0. The summed E-state index contributed by atoms with van der Waals surface area (Å²) in [6, 6.07) is 0.